The summed E-state index contributed by atoms with van der Waals surface area (Å²) in [6.45, 7) is 7.59. The number of hydrogen-bond acceptors (Lipinski definition) is 3. The highest BCUT2D eigenvalue weighted by atomic mass is 79.9. The van der Waals surface area contributed by atoms with Crippen molar-refractivity contribution in [2.75, 3.05) is 18.5 Å². The van der Waals surface area contributed by atoms with E-state index in [4.69, 9.17) is 4.74 Å². The number of halogens is 1. The Bertz CT molecular complexity index is 317. The molecule has 3 nitrogen and oxygen atoms in total. The standard InChI is InChI=1S/C11H17BrN2O/c1-4-15-9(3)7-14-11-10(12)8(2)5-6-13-11/h5-6,9H,4,7H2,1-3H3,(H,13,14). The lowest BCUT2D eigenvalue weighted by Gasteiger charge is -2.14. The van der Waals surface area contributed by atoms with Crippen LogP contribution in [0, 0.1) is 6.92 Å². The second-order valence-corrected chi connectivity index (χ2v) is 4.23. The molecule has 0 aliphatic heterocycles. The summed E-state index contributed by atoms with van der Waals surface area (Å²) in [5, 5.41) is 3.26. The van der Waals surface area contributed by atoms with Gasteiger partial charge in [-0.25, -0.2) is 4.98 Å². The van der Waals surface area contributed by atoms with Gasteiger partial charge in [0.2, 0.25) is 0 Å². The molecule has 1 heterocycles. The molecule has 0 aliphatic carbocycles. The molecule has 0 fully saturated rings. The Morgan fingerprint density at radius 3 is 3.00 bits per heavy atom. The van der Waals surface area contributed by atoms with Gasteiger partial charge < -0.3 is 10.1 Å². The second kappa shape index (κ2) is 6.08. The number of rotatable bonds is 5. The molecular weight excluding hydrogens is 256 g/mol. The molecule has 0 aliphatic rings. The van der Waals surface area contributed by atoms with Crippen molar-refractivity contribution in [2.24, 2.45) is 0 Å². The van der Waals surface area contributed by atoms with Crippen LogP contribution >= 0.6 is 15.9 Å². The Kier molecular flexibility index (Phi) is 5.05. The van der Waals surface area contributed by atoms with E-state index in [1.807, 2.05) is 26.8 Å². The monoisotopic (exact) mass is 272 g/mol. The van der Waals surface area contributed by atoms with Gasteiger partial charge >= 0.3 is 0 Å². The highest BCUT2D eigenvalue weighted by Crippen LogP contribution is 2.23. The van der Waals surface area contributed by atoms with Crippen LogP contribution < -0.4 is 5.32 Å². The van der Waals surface area contributed by atoms with Crippen molar-refractivity contribution in [2.45, 2.75) is 26.9 Å². The predicted octanol–water partition coefficient (Wildman–Crippen LogP) is 2.99. The van der Waals surface area contributed by atoms with E-state index in [-0.39, 0.29) is 6.10 Å². The summed E-state index contributed by atoms with van der Waals surface area (Å²) in [6.07, 6.45) is 2.00. The van der Waals surface area contributed by atoms with Gasteiger partial charge in [0.25, 0.3) is 0 Å². The first-order valence-corrected chi connectivity index (χ1v) is 5.91. The van der Waals surface area contributed by atoms with E-state index < -0.39 is 0 Å². The smallest absolute Gasteiger partial charge is 0.140 e. The SMILES string of the molecule is CCOC(C)CNc1nccc(C)c1Br. The van der Waals surface area contributed by atoms with Gasteiger partial charge in [0.1, 0.15) is 5.82 Å². The van der Waals surface area contributed by atoms with Crippen LogP contribution in [0.1, 0.15) is 19.4 Å². The molecule has 0 radical (unpaired) electrons. The Labute approximate surface area is 99.4 Å². The molecule has 0 saturated carbocycles. The van der Waals surface area contributed by atoms with Crippen LogP contribution in [0.15, 0.2) is 16.7 Å². The third-order valence-corrected chi connectivity index (χ3v) is 3.09. The Morgan fingerprint density at radius 1 is 1.60 bits per heavy atom. The molecule has 0 amide bonds. The lowest BCUT2D eigenvalue weighted by molar-refractivity contribution is 0.0855. The van der Waals surface area contributed by atoms with E-state index in [9.17, 15) is 0 Å². The maximum Gasteiger partial charge on any atom is 0.140 e. The number of nitrogens with one attached hydrogen (secondary N) is 1. The first kappa shape index (κ1) is 12.5. The highest BCUT2D eigenvalue weighted by molar-refractivity contribution is 9.10. The third-order valence-electron chi connectivity index (χ3n) is 2.09. The molecule has 84 valence electrons. The van der Waals surface area contributed by atoms with Gasteiger partial charge in [-0.1, -0.05) is 0 Å². The topological polar surface area (TPSA) is 34.1 Å². The zero-order valence-corrected chi connectivity index (χ0v) is 11.0. The molecule has 1 aromatic heterocycles. The number of pyridine rings is 1. The van der Waals surface area contributed by atoms with Crippen LogP contribution in [0.4, 0.5) is 5.82 Å². The minimum Gasteiger partial charge on any atom is -0.377 e. The van der Waals surface area contributed by atoms with Crippen LogP contribution in [0.3, 0.4) is 0 Å². The lowest BCUT2D eigenvalue weighted by Crippen LogP contribution is -2.20. The van der Waals surface area contributed by atoms with Gasteiger partial charge in [0.15, 0.2) is 0 Å². The summed E-state index contributed by atoms with van der Waals surface area (Å²) in [5.41, 5.74) is 1.18. The van der Waals surface area contributed by atoms with Gasteiger partial charge in [-0.05, 0) is 48.3 Å². The summed E-state index contributed by atoms with van der Waals surface area (Å²) >= 11 is 3.50. The predicted molar refractivity (Wildman–Crippen MR) is 66.3 cm³/mol. The summed E-state index contributed by atoms with van der Waals surface area (Å²) in [7, 11) is 0. The summed E-state index contributed by atoms with van der Waals surface area (Å²) < 4.78 is 6.45. The third kappa shape index (κ3) is 3.80. The van der Waals surface area contributed by atoms with Crippen molar-refractivity contribution in [3.05, 3.63) is 22.3 Å². The van der Waals surface area contributed by atoms with Crippen LogP contribution in [0.25, 0.3) is 0 Å². The molecule has 15 heavy (non-hydrogen) atoms. The first-order chi connectivity index (χ1) is 7.15. The van der Waals surface area contributed by atoms with Crippen molar-refractivity contribution >= 4 is 21.7 Å². The molecule has 0 aromatic carbocycles. The number of nitrogens with zero attached hydrogens (tertiary/aromatic N) is 1. The van der Waals surface area contributed by atoms with Gasteiger partial charge in [0, 0.05) is 19.3 Å². The highest BCUT2D eigenvalue weighted by Gasteiger charge is 2.05. The lowest BCUT2D eigenvalue weighted by atomic mass is 10.3. The average molecular weight is 273 g/mol. The maximum absolute atomic E-state index is 5.43. The molecule has 1 rings (SSSR count). The van der Waals surface area contributed by atoms with E-state index in [0.29, 0.717) is 0 Å². The Morgan fingerprint density at radius 2 is 2.33 bits per heavy atom. The van der Waals surface area contributed by atoms with Crippen molar-refractivity contribution in [3.8, 4) is 0 Å². The minimum atomic E-state index is 0.198. The normalized spacial score (nSPS) is 12.5. The van der Waals surface area contributed by atoms with Gasteiger partial charge in [0.05, 0.1) is 10.6 Å². The fraction of sp³-hybridized carbons (Fsp3) is 0.545. The van der Waals surface area contributed by atoms with Gasteiger partial charge in [-0.3, -0.25) is 0 Å². The maximum atomic E-state index is 5.43. The average Bonchev–Trinajstić information content (AvgIpc) is 2.21. The largest absolute Gasteiger partial charge is 0.377 e. The zero-order valence-electron chi connectivity index (χ0n) is 9.38. The fourth-order valence-corrected chi connectivity index (χ4v) is 1.62. The van der Waals surface area contributed by atoms with Crippen LogP contribution in [0.2, 0.25) is 0 Å². The van der Waals surface area contributed by atoms with E-state index in [1.165, 1.54) is 5.56 Å². The number of ether oxygens (including phenoxy) is 1. The number of hydrogen-bond donors (Lipinski definition) is 1. The summed E-state index contributed by atoms with van der Waals surface area (Å²) in [6, 6.07) is 1.97. The number of aromatic nitrogens is 1. The molecule has 0 spiro atoms. The fourth-order valence-electron chi connectivity index (χ4n) is 1.25. The zero-order chi connectivity index (χ0) is 11.3. The Hall–Kier alpha value is -0.610. The van der Waals surface area contributed by atoms with Crippen LogP contribution in [-0.4, -0.2) is 24.2 Å². The first-order valence-electron chi connectivity index (χ1n) is 5.11. The van der Waals surface area contributed by atoms with Crippen molar-refractivity contribution in [1.82, 2.24) is 4.98 Å². The molecule has 1 atom stereocenters. The molecule has 0 bridgehead atoms. The molecule has 0 saturated heterocycles. The van der Waals surface area contributed by atoms with E-state index >= 15 is 0 Å². The minimum absolute atomic E-state index is 0.198. The van der Waals surface area contributed by atoms with Crippen LogP contribution in [0.5, 0.6) is 0 Å². The van der Waals surface area contributed by atoms with Gasteiger partial charge in [-0.2, -0.15) is 0 Å². The molecule has 4 heteroatoms. The van der Waals surface area contributed by atoms with Crippen molar-refractivity contribution in [1.29, 1.82) is 0 Å². The van der Waals surface area contributed by atoms with Crippen molar-refractivity contribution in [3.63, 3.8) is 0 Å². The summed E-state index contributed by atoms with van der Waals surface area (Å²) in [4.78, 5) is 4.26. The van der Waals surface area contributed by atoms with Crippen LogP contribution in [-0.2, 0) is 4.74 Å². The van der Waals surface area contributed by atoms with E-state index in [1.54, 1.807) is 6.20 Å². The summed E-state index contributed by atoms with van der Waals surface area (Å²) in [5.74, 6) is 0.876. The quantitative estimate of drug-likeness (QED) is 0.895. The molecule has 1 aromatic rings. The van der Waals surface area contributed by atoms with Crippen molar-refractivity contribution < 1.29 is 4.74 Å². The molecule has 1 N–H and O–H groups in total. The second-order valence-electron chi connectivity index (χ2n) is 3.44. The molecular formula is C11H17BrN2O. The number of anilines is 1. The Balaban J connectivity index is 2.54. The molecule has 1 unspecified atom stereocenters. The van der Waals surface area contributed by atoms with Gasteiger partial charge in [-0.15, -0.1) is 0 Å². The number of aryl methyl sites for hydroxylation is 1. The van der Waals surface area contributed by atoms with E-state index in [2.05, 4.69) is 26.2 Å². The van der Waals surface area contributed by atoms with E-state index in [0.717, 1.165) is 23.4 Å².